The molecule has 8 heteroatoms. The third kappa shape index (κ3) is 3.28. The van der Waals surface area contributed by atoms with E-state index in [1.165, 1.54) is 17.0 Å². The van der Waals surface area contributed by atoms with Gasteiger partial charge in [0.1, 0.15) is 11.6 Å². The van der Waals surface area contributed by atoms with Crippen LogP contribution >= 0.6 is 0 Å². The number of non-ortho nitro benzene ring substituents is 1. The van der Waals surface area contributed by atoms with Gasteiger partial charge in [-0.05, 0) is 24.6 Å². The average Bonchev–Trinajstić information content (AvgIpc) is 2.75. The maximum absolute atomic E-state index is 13.0. The van der Waals surface area contributed by atoms with Crippen LogP contribution in [0.2, 0.25) is 0 Å². The Morgan fingerprint density at radius 2 is 1.80 bits per heavy atom. The van der Waals surface area contributed by atoms with Crippen molar-refractivity contribution in [2.24, 2.45) is 5.10 Å². The third-order valence-electron chi connectivity index (χ3n) is 4.83. The van der Waals surface area contributed by atoms with Crippen LogP contribution in [0.1, 0.15) is 24.7 Å². The Labute approximate surface area is 170 Å². The van der Waals surface area contributed by atoms with Crippen LogP contribution in [0.5, 0.6) is 5.75 Å². The summed E-state index contributed by atoms with van der Waals surface area (Å²) in [6.07, 6.45) is 2.54. The predicted octanol–water partition coefficient (Wildman–Crippen LogP) is 4.00. The van der Waals surface area contributed by atoms with E-state index in [9.17, 15) is 20.0 Å². The molecule has 1 N–H and O–H groups in total. The summed E-state index contributed by atoms with van der Waals surface area (Å²) in [6, 6.07) is 14.8. The van der Waals surface area contributed by atoms with E-state index in [1.54, 1.807) is 42.5 Å². The Hall–Kier alpha value is -4.07. The number of aromatic nitrogens is 2. The van der Waals surface area contributed by atoms with Gasteiger partial charge in [0, 0.05) is 23.4 Å². The summed E-state index contributed by atoms with van der Waals surface area (Å²) in [7, 11) is 0. The number of hydrogen-bond acceptors (Lipinski definition) is 6. The van der Waals surface area contributed by atoms with Gasteiger partial charge in [-0.2, -0.15) is 9.78 Å². The molecule has 0 aliphatic heterocycles. The molecule has 1 aromatic heterocycles. The molecule has 8 nitrogen and oxygen atoms in total. The van der Waals surface area contributed by atoms with Crippen LogP contribution in [0, 0.1) is 10.1 Å². The second-order valence-electron chi connectivity index (χ2n) is 6.79. The first-order valence-corrected chi connectivity index (χ1v) is 9.45. The van der Waals surface area contributed by atoms with Crippen molar-refractivity contribution in [3.8, 4) is 5.75 Å². The molecule has 0 atom stereocenters. The van der Waals surface area contributed by atoms with E-state index in [0.29, 0.717) is 33.9 Å². The fraction of sp³-hybridized carbons (Fsp3) is 0.136. The van der Waals surface area contributed by atoms with Gasteiger partial charge in [0.15, 0.2) is 0 Å². The Balaban J connectivity index is 1.91. The van der Waals surface area contributed by atoms with Crippen molar-refractivity contribution in [1.29, 1.82) is 0 Å². The Kier molecular flexibility index (Phi) is 4.97. The third-order valence-corrected chi connectivity index (χ3v) is 4.83. The molecule has 1 heterocycles. The minimum Gasteiger partial charge on any atom is -0.507 e. The average molecular weight is 402 g/mol. The van der Waals surface area contributed by atoms with Crippen LogP contribution in [-0.4, -0.2) is 25.9 Å². The minimum absolute atomic E-state index is 0.140. The summed E-state index contributed by atoms with van der Waals surface area (Å²) in [5.74, 6) is 0.339. The molecule has 150 valence electrons. The van der Waals surface area contributed by atoms with Crippen molar-refractivity contribution >= 4 is 33.6 Å². The van der Waals surface area contributed by atoms with E-state index in [1.807, 2.05) is 13.0 Å². The second-order valence-corrected chi connectivity index (χ2v) is 6.79. The number of fused-ring (bicyclic) bond motifs is 2. The zero-order valence-electron chi connectivity index (χ0n) is 16.1. The number of phenolic OH excluding ortho intramolecular Hbond substituents is 1. The summed E-state index contributed by atoms with van der Waals surface area (Å²) >= 11 is 0. The second kappa shape index (κ2) is 7.75. The van der Waals surface area contributed by atoms with Gasteiger partial charge in [0.05, 0.1) is 27.4 Å². The molecule has 0 spiro atoms. The van der Waals surface area contributed by atoms with Crippen molar-refractivity contribution < 1.29 is 10.0 Å². The zero-order valence-corrected chi connectivity index (χ0v) is 16.1. The maximum atomic E-state index is 13.0. The summed E-state index contributed by atoms with van der Waals surface area (Å²) in [6.45, 7) is 1.97. The van der Waals surface area contributed by atoms with Crippen LogP contribution in [0.3, 0.4) is 0 Å². The van der Waals surface area contributed by atoms with E-state index in [4.69, 9.17) is 0 Å². The number of hydrogen-bond donors (Lipinski definition) is 1. The first kappa shape index (κ1) is 19.3. The minimum atomic E-state index is -0.509. The van der Waals surface area contributed by atoms with E-state index in [-0.39, 0.29) is 22.6 Å². The predicted molar refractivity (Wildman–Crippen MR) is 115 cm³/mol. The number of aryl methyl sites for hydroxylation is 1. The first-order chi connectivity index (χ1) is 14.5. The maximum Gasteiger partial charge on any atom is 0.282 e. The van der Waals surface area contributed by atoms with Crippen molar-refractivity contribution in [1.82, 2.24) is 9.66 Å². The lowest BCUT2D eigenvalue weighted by Gasteiger charge is -2.09. The molecule has 0 aliphatic carbocycles. The molecule has 4 aromatic rings. The lowest BCUT2D eigenvalue weighted by molar-refractivity contribution is -0.383. The van der Waals surface area contributed by atoms with Crippen molar-refractivity contribution in [2.45, 2.75) is 19.8 Å². The number of benzene rings is 3. The molecule has 0 fully saturated rings. The molecule has 0 saturated heterocycles. The molecule has 3 aromatic carbocycles. The van der Waals surface area contributed by atoms with Crippen molar-refractivity contribution in [3.05, 3.63) is 86.5 Å². The Morgan fingerprint density at radius 3 is 2.50 bits per heavy atom. The number of phenols is 1. The van der Waals surface area contributed by atoms with Crippen molar-refractivity contribution in [2.75, 3.05) is 0 Å². The van der Waals surface area contributed by atoms with Crippen LogP contribution in [0.25, 0.3) is 21.7 Å². The normalized spacial score (nSPS) is 11.5. The highest BCUT2D eigenvalue weighted by atomic mass is 16.6. The molecule has 0 radical (unpaired) electrons. The van der Waals surface area contributed by atoms with Gasteiger partial charge >= 0.3 is 0 Å². The molecule has 0 bridgehead atoms. The van der Waals surface area contributed by atoms with E-state index in [2.05, 4.69) is 10.1 Å². The lowest BCUT2D eigenvalue weighted by Crippen LogP contribution is -2.22. The van der Waals surface area contributed by atoms with Crippen LogP contribution in [0.4, 0.5) is 5.69 Å². The standard InChI is InChI=1S/C22H18N4O4/c1-2-7-20-24-18-11-6-5-10-17(18)22(28)25(20)23-13-14-12-19(26(29)30)15-8-3-4-9-16(15)21(14)27/h3-6,8-13,27H,2,7H2,1H3. The summed E-state index contributed by atoms with van der Waals surface area (Å²) in [5, 5.41) is 27.5. The van der Waals surface area contributed by atoms with E-state index < -0.39 is 4.92 Å². The topological polar surface area (TPSA) is 111 Å². The summed E-state index contributed by atoms with van der Waals surface area (Å²) < 4.78 is 1.19. The number of nitro benzene ring substituents is 1. The number of nitrogens with zero attached hydrogens (tertiary/aromatic N) is 4. The van der Waals surface area contributed by atoms with Gasteiger partial charge in [0.25, 0.3) is 11.2 Å². The summed E-state index contributed by atoms with van der Waals surface area (Å²) in [5.41, 5.74) is 0.238. The van der Waals surface area contributed by atoms with E-state index in [0.717, 1.165) is 6.42 Å². The monoisotopic (exact) mass is 402 g/mol. The fourth-order valence-corrected chi connectivity index (χ4v) is 3.41. The number of nitro groups is 1. The number of aromatic hydroxyl groups is 1. The highest BCUT2D eigenvalue weighted by molar-refractivity contribution is 6.02. The molecule has 0 aliphatic rings. The molecule has 0 amide bonds. The largest absolute Gasteiger partial charge is 0.507 e. The van der Waals surface area contributed by atoms with Gasteiger partial charge in [-0.3, -0.25) is 14.9 Å². The zero-order chi connectivity index (χ0) is 21.3. The van der Waals surface area contributed by atoms with Gasteiger partial charge in [-0.15, -0.1) is 0 Å². The Bertz CT molecular complexity index is 1380. The molecular formula is C22H18N4O4. The molecule has 0 saturated carbocycles. The lowest BCUT2D eigenvalue weighted by atomic mass is 10.0. The molecule has 30 heavy (non-hydrogen) atoms. The Morgan fingerprint density at radius 1 is 1.13 bits per heavy atom. The van der Waals surface area contributed by atoms with Crippen LogP contribution in [0.15, 0.2) is 64.5 Å². The van der Waals surface area contributed by atoms with Gasteiger partial charge in [-0.25, -0.2) is 4.98 Å². The van der Waals surface area contributed by atoms with Crippen molar-refractivity contribution in [3.63, 3.8) is 0 Å². The number of para-hydroxylation sites is 1. The SMILES string of the molecule is CCCc1nc2ccccc2c(=O)n1N=Cc1cc([N+](=O)[O-])c2ccccc2c1O. The van der Waals surface area contributed by atoms with Gasteiger partial charge in [-0.1, -0.05) is 37.3 Å². The van der Waals surface area contributed by atoms with Gasteiger partial charge in [0.2, 0.25) is 0 Å². The summed E-state index contributed by atoms with van der Waals surface area (Å²) in [4.78, 5) is 28.5. The van der Waals surface area contributed by atoms with Gasteiger partial charge < -0.3 is 5.11 Å². The smallest absolute Gasteiger partial charge is 0.282 e. The molecule has 0 unspecified atom stereocenters. The molecular weight excluding hydrogens is 384 g/mol. The highest BCUT2D eigenvalue weighted by Gasteiger charge is 2.18. The molecule has 4 rings (SSSR count). The fourth-order valence-electron chi connectivity index (χ4n) is 3.41. The first-order valence-electron chi connectivity index (χ1n) is 9.45. The van der Waals surface area contributed by atoms with Crippen LogP contribution < -0.4 is 5.56 Å². The van der Waals surface area contributed by atoms with Crippen LogP contribution in [-0.2, 0) is 6.42 Å². The van der Waals surface area contributed by atoms with E-state index >= 15 is 0 Å². The quantitative estimate of drug-likeness (QED) is 0.308. The number of rotatable bonds is 5. The highest BCUT2D eigenvalue weighted by Crippen LogP contribution is 2.34.